The number of carbonyl (C=O) groups is 4. The summed E-state index contributed by atoms with van der Waals surface area (Å²) in [6.45, 7) is 16.5. The van der Waals surface area contributed by atoms with Crippen molar-refractivity contribution in [2.75, 3.05) is 32.7 Å². The number of amides is 4. The molecular formula is C94H94Cl2F8N4O4Ti2. The maximum atomic E-state index is 14.2. The number of hydrogen-bond acceptors (Lipinski definition) is 4. The summed E-state index contributed by atoms with van der Waals surface area (Å²) in [4.78, 5) is 56.7. The largest absolute Gasteiger partial charge is 4.00 e. The second-order valence-corrected chi connectivity index (χ2v) is 27.4. The summed E-state index contributed by atoms with van der Waals surface area (Å²) in [7, 11) is 0. The minimum absolute atomic E-state index is 0. The number of benzene rings is 8. The molecule has 0 aromatic heterocycles. The van der Waals surface area contributed by atoms with Crippen LogP contribution in [-0.4, -0.2) is 36.7 Å². The summed E-state index contributed by atoms with van der Waals surface area (Å²) in [6, 6.07) is 88.9. The topological polar surface area (TPSA) is 81.2 Å². The summed E-state index contributed by atoms with van der Waals surface area (Å²) in [5.74, 6) is -7.71. The van der Waals surface area contributed by atoms with Crippen LogP contribution >= 0.6 is 23.2 Å². The van der Waals surface area contributed by atoms with Crippen LogP contribution in [0.15, 0.2) is 279 Å². The third-order valence-corrected chi connectivity index (χ3v) is 17.2. The molecule has 0 aliphatic rings. The van der Waals surface area contributed by atoms with E-state index in [-0.39, 0.29) is 103 Å². The van der Waals surface area contributed by atoms with Gasteiger partial charge in [-0.1, -0.05) is 165 Å². The van der Waals surface area contributed by atoms with E-state index in [0.717, 1.165) is 61.1 Å². The minimum atomic E-state index is -0.876. The fraction of sp³-hybridized carbons (Fsp3) is 0.234. The van der Waals surface area contributed by atoms with Gasteiger partial charge in [0.1, 0.15) is 0 Å². The van der Waals surface area contributed by atoms with Gasteiger partial charge in [-0.3, -0.25) is 19.2 Å². The summed E-state index contributed by atoms with van der Waals surface area (Å²) in [6.07, 6.45) is 6.15. The van der Waals surface area contributed by atoms with Crippen molar-refractivity contribution < 1.29 is 97.7 Å². The molecule has 0 unspecified atom stereocenters. The molecule has 0 radical (unpaired) electrons. The van der Waals surface area contributed by atoms with Gasteiger partial charge in [0.25, 0.3) is 0 Å². The number of carbonyl (C=O) groups excluding carboxylic acids is 4. The SMILES string of the molecule is CCCC(C)(C)C(=O)N(Cc1ccccc1)c1ccc(F)[c-]c1F.CCCC(C)(C)C(=O)N(Cc1ccccc1)c1ccc(F)[c-]c1F.CCCCN(C(=O)c1ccc(Cl)cc1)c1ccc(F)[c-]c1F.CCCCN(C(=O)c1ccc(Cl)cc1)c1ccc(F)[c-]c1F.[Ti+4].[Ti+4].c1cc[cH-]c1.c1cc[cH-]c1.c1cc[cH-]c1.c1cc[cH-]c1. The Labute approximate surface area is 707 Å². The van der Waals surface area contributed by atoms with Gasteiger partial charge in [-0.05, 0) is 108 Å². The number of unbranched alkanes of at least 4 members (excludes halogenated alkanes) is 2. The Hall–Kier alpha value is -9.51. The van der Waals surface area contributed by atoms with Crippen molar-refractivity contribution in [1.82, 2.24) is 0 Å². The zero-order chi connectivity index (χ0) is 81.9. The maximum absolute atomic E-state index is 14.2. The van der Waals surface area contributed by atoms with Crippen molar-refractivity contribution in [3.63, 3.8) is 0 Å². The Morgan fingerprint density at radius 2 is 0.579 bits per heavy atom. The van der Waals surface area contributed by atoms with Crippen LogP contribution in [0, 0.1) is 81.6 Å². The zero-order valence-corrected chi connectivity index (χ0v) is 69.9. The first-order valence-electron chi connectivity index (χ1n) is 36.8. The third-order valence-electron chi connectivity index (χ3n) is 16.7. The van der Waals surface area contributed by atoms with E-state index in [1.807, 2.05) is 262 Å². The Balaban J connectivity index is 0.000000359. The first-order chi connectivity index (χ1) is 53.7. The van der Waals surface area contributed by atoms with Gasteiger partial charge >= 0.3 is 43.4 Å². The first kappa shape index (κ1) is 98.7. The minimum Gasteiger partial charge on any atom is -0.359 e. The molecule has 0 aliphatic heterocycles. The van der Waals surface area contributed by atoms with Crippen LogP contribution in [0.25, 0.3) is 0 Å². The second kappa shape index (κ2) is 53.5. The second-order valence-electron chi connectivity index (χ2n) is 26.5. The molecule has 0 heterocycles. The average Bonchev–Trinajstić information content (AvgIpc) is 0.865. The fourth-order valence-electron chi connectivity index (χ4n) is 10.9. The third kappa shape index (κ3) is 34.7. The van der Waals surface area contributed by atoms with Gasteiger partial charge in [0.15, 0.2) is 0 Å². The summed E-state index contributed by atoms with van der Waals surface area (Å²) in [5.41, 5.74) is 1.42. The Morgan fingerprint density at radius 1 is 0.333 bits per heavy atom. The Bertz CT molecular complexity index is 4180. The maximum Gasteiger partial charge on any atom is 4.00 e. The Morgan fingerprint density at radius 3 is 0.789 bits per heavy atom. The van der Waals surface area contributed by atoms with Crippen molar-refractivity contribution in [3.05, 3.63) is 382 Å². The molecule has 0 N–H and O–H groups in total. The van der Waals surface area contributed by atoms with E-state index in [1.54, 1.807) is 48.5 Å². The van der Waals surface area contributed by atoms with Gasteiger partial charge in [0.05, 0.1) is 0 Å². The predicted molar refractivity (Wildman–Crippen MR) is 438 cm³/mol. The normalized spacial score (nSPS) is 10.3. The zero-order valence-electron chi connectivity index (χ0n) is 65.2. The molecule has 592 valence electrons. The van der Waals surface area contributed by atoms with Crippen molar-refractivity contribution in [2.24, 2.45) is 10.8 Å². The van der Waals surface area contributed by atoms with Crippen LogP contribution in [0.5, 0.6) is 0 Å². The summed E-state index contributed by atoms with van der Waals surface area (Å²) < 4.78 is 109. The predicted octanol–water partition coefficient (Wildman–Crippen LogP) is 25.6. The molecule has 4 amide bonds. The van der Waals surface area contributed by atoms with Gasteiger partial charge in [0, 0.05) is 105 Å². The van der Waals surface area contributed by atoms with Crippen molar-refractivity contribution in [3.8, 4) is 0 Å². The van der Waals surface area contributed by atoms with E-state index in [0.29, 0.717) is 59.9 Å². The van der Waals surface area contributed by atoms with E-state index in [4.69, 9.17) is 23.2 Å². The first-order valence-corrected chi connectivity index (χ1v) is 37.5. The van der Waals surface area contributed by atoms with E-state index >= 15 is 0 Å². The van der Waals surface area contributed by atoms with Gasteiger partial charge in [-0.15, -0.1) is 72.8 Å². The molecule has 0 saturated carbocycles. The molecule has 8 nitrogen and oxygen atoms in total. The van der Waals surface area contributed by atoms with Crippen molar-refractivity contribution in [1.29, 1.82) is 0 Å². The Kier molecular flexibility index (Phi) is 46.3. The van der Waals surface area contributed by atoms with E-state index < -0.39 is 57.4 Å². The molecule has 12 rings (SSSR count). The average molecular weight is 1660 g/mol. The number of anilines is 4. The summed E-state index contributed by atoms with van der Waals surface area (Å²) >= 11 is 11.6. The molecule has 0 bridgehead atoms. The molecule has 0 saturated heterocycles. The molecule has 0 atom stereocenters. The van der Waals surface area contributed by atoms with Crippen LogP contribution < -0.4 is 19.6 Å². The molecule has 0 fully saturated rings. The number of hydrogen-bond donors (Lipinski definition) is 0. The summed E-state index contributed by atoms with van der Waals surface area (Å²) in [5, 5.41) is 1.02. The van der Waals surface area contributed by atoms with E-state index in [1.165, 1.54) is 43.9 Å². The quantitative estimate of drug-likeness (QED) is 0.0385. The van der Waals surface area contributed by atoms with Crippen LogP contribution in [0.3, 0.4) is 0 Å². The van der Waals surface area contributed by atoms with Gasteiger partial charge in [0.2, 0.25) is 23.6 Å². The van der Waals surface area contributed by atoms with Crippen molar-refractivity contribution >= 4 is 69.6 Å². The van der Waals surface area contributed by atoms with Gasteiger partial charge < -0.3 is 19.6 Å². The van der Waals surface area contributed by atoms with Crippen LogP contribution in [0.4, 0.5) is 57.9 Å². The van der Waals surface area contributed by atoms with Gasteiger partial charge in [-0.2, -0.15) is 72.8 Å². The number of rotatable bonds is 22. The standard InChI is InChI=1S/2C20H22F2NO.2C17H15ClF2NO.4C5H5.2Ti/c2*1-4-12-20(2,3)19(24)23(14-15-8-6-5-7-9-15)18-11-10-16(21)13-17(18)22;2*1-2-3-10-21(16-9-8-14(19)11-15(16)20)17(22)12-4-6-13(18)7-5-12;4*1-2-4-5-3-1;;/h2*5-11H,4,12,14H2,1-3H3;2*4-9H,2-3,10H2,1H3;4*1-5H;;/q8*-1;2*+4. The molecule has 0 spiro atoms. The van der Waals surface area contributed by atoms with Crippen LogP contribution in [0.1, 0.15) is 139 Å². The monoisotopic (exact) mass is 1660 g/mol. The fourth-order valence-corrected chi connectivity index (χ4v) is 11.2. The van der Waals surface area contributed by atoms with Crippen LogP contribution in [0.2, 0.25) is 10.0 Å². The molecule has 114 heavy (non-hydrogen) atoms. The molecule has 0 aliphatic carbocycles. The van der Waals surface area contributed by atoms with Gasteiger partial charge in [-0.25, -0.2) is 83.7 Å². The number of nitrogens with zero attached hydrogens (tertiary/aromatic N) is 4. The van der Waals surface area contributed by atoms with Crippen LogP contribution in [-0.2, 0) is 66.1 Å². The van der Waals surface area contributed by atoms with Crippen molar-refractivity contribution in [2.45, 2.75) is 120 Å². The number of halogens is 10. The van der Waals surface area contributed by atoms with E-state index in [9.17, 15) is 54.3 Å². The smallest absolute Gasteiger partial charge is 0.359 e. The van der Waals surface area contributed by atoms with E-state index in [2.05, 4.69) is 0 Å². The molecular weight excluding hydrogens is 1570 g/mol. The molecule has 12 aromatic rings. The molecule has 20 heteroatoms. The molecule has 12 aromatic carbocycles.